The number of hydrogen-bond acceptors (Lipinski definition) is 15. The molecule has 0 heterocycles. The van der Waals surface area contributed by atoms with Crippen LogP contribution in [0.3, 0.4) is 0 Å². The topological polar surface area (TPSA) is 237 Å². The minimum Gasteiger partial charge on any atom is -0.462 e. The Morgan fingerprint density at radius 2 is 0.455 bits per heavy atom. The van der Waals surface area contributed by atoms with Gasteiger partial charge in [0, 0.05) is 25.7 Å². The molecule has 0 rings (SSSR count). The van der Waals surface area contributed by atoms with Gasteiger partial charge < -0.3 is 33.8 Å². The minimum absolute atomic E-state index is 0.108. The molecule has 6 atom stereocenters. The average molecular weight is 1630 g/mol. The first-order valence-corrected chi connectivity index (χ1v) is 50.9. The SMILES string of the molecule is CCCCCCCCCCCCCCCCCCCCCCCCC(=O)O[C@H](COC(=O)CCCCCCCCCCCCCCCCCCC(C)C)COP(=O)(O)OC[C@@H](O)COP(=O)(O)OC[C@@H](COC(=O)CCCCCCCCCCC(C)CC)OC(=O)CCCCCCCCCCCCCCCCCCC(C)C. The fourth-order valence-corrected chi connectivity index (χ4v) is 16.2. The van der Waals surface area contributed by atoms with Gasteiger partial charge in [-0.15, -0.1) is 0 Å². The third kappa shape index (κ3) is 84.5. The van der Waals surface area contributed by atoms with E-state index in [1.54, 1.807) is 0 Å². The number of carbonyl (C=O) groups is 4. The molecule has 666 valence electrons. The summed E-state index contributed by atoms with van der Waals surface area (Å²) in [6.07, 6.45) is 76.5. The van der Waals surface area contributed by atoms with E-state index in [-0.39, 0.29) is 25.7 Å². The lowest BCUT2D eigenvalue weighted by Gasteiger charge is -2.21. The first-order chi connectivity index (χ1) is 54.3. The van der Waals surface area contributed by atoms with E-state index in [0.717, 1.165) is 108 Å². The number of ether oxygens (including phenoxy) is 4. The molecule has 0 spiro atoms. The molecule has 0 amide bonds. The molecule has 0 aliphatic carbocycles. The summed E-state index contributed by atoms with van der Waals surface area (Å²) in [4.78, 5) is 73.5. The number of phosphoric ester groups is 2. The lowest BCUT2D eigenvalue weighted by molar-refractivity contribution is -0.161. The normalized spacial score (nSPS) is 14.0. The van der Waals surface area contributed by atoms with E-state index in [4.69, 9.17) is 37.0 Å². The second-order valence-electron chi connectivity index (χ2n) is 34.6. The van der Waals surface area contributed by atoms with Crippen molar-refractivity contribution in [2.24, 2.45) is 17.8 Å². The van der Waals surface area contributed by atoms with Crippen LogP contribution in [0.5, 0.6) is 0 Å². The van der Waals surface area contributed by atoms with Crippen LogP contribution in [-0.2, 0) is 65.4 Å². The summed E-state index contributed by atoms with van der Waals surface area (Å²) in [5.41, 5.74) is 0. The summed E-state index contributed by atoms with van der Waals surface area (Å²) in [5, 5.41) is 10.7. The number of esters is 4. The highest BCUT2D eigenvalue weighted by molar-refractivity contribution is 7.47. The van der Waals surface area contributed by atoms with Crippen molar-refractivity contribution < 1.29 is 80.2 Å². The van der Waals surface area contributed by atoms with Crippen molar-refractivity contribution in [1.82, 2.24) is 0 Å². The van der Waals surface area contributed by atoms with Crippen molar-refractivity contribution in [3.05, 3.63) is 0 Å². The monoisotopic (exact) mass is 1630 g/mol. The summed E-state index contributed by atoms with van der Waals surface area (Å²) in [5.74, 6) is 0.302. The number of phosphoric acid groups is 2. The van der Waals surface area contributed by atoms with Crippen LogP contribution in [0.2, 0.25) is 0 Å². The summed E-state index contributed by atoms with van der Waals surface area (Å²) >= 11 is 0. The van der Waals surface area contributed by atoms with E-state index in [9.17, 15) is 43.2 Å². The van der Waals surface area contributed by atoms with Crippen LogP contribution in [-0.4, -0.2) is 96.7 Å². The molecule has 0 bridgehead atoms. The van der Waals surface area contributed by atoms with Crippen LogP contribution >= 0.6 is 15.6 Å². The smallest absolute Gasteiger partial charge is 0.462 e. The zero-order valence-corrected chi connectivity index (χ0v) is 75.9. The summed E-state index contributed by atoms with van der Waals surface area (Å²) in [6.45, 7) is 12.1. The lowest BCUT2D eigenvalue weighted by Crippen LogP contribution is -2.30. The van der Waals surface area contributed by atoms with Crippen LogP contribution in [0, 0.1) is 17.8 Å². The summed E-state index contributed by atoms with van der Waals surface area (Å²) in [7, 11) is -9.94. The predicted molar refractivity (Wildman–Crippen MR) is 465 cm³/mol. The first kappa shape index (κ1) is 110. The number of aliphatic hydroxyl groups is 1. The van der Waals surface area contributed by atoms with E-state index < -0.39 is 97.5 Å². The van der Waals surface area contributed by atoms with Crippen LogP contribution in [0.15, 0.2) is 0 Å². The molecule has 19 heteroatoms. The van der Waals surface area contributed by atoms with Crippen LogP contribution < -0.4 is 0 Å². The summed E-state index contributed by atoms with van der Waals surface area (Å²) in [6, 6.07) is 0. The lowest BCUT2D eigenvalue weighted by atomic mass is 9.99. The second-order valence-corrected chi connectivity index (χ2v) is 37.5. The van der Waals surface area contributed by atoms with E-state index >= 15 is 0 Å². The van der Waals surface area contributed by atoms with Gasteiger partial charge in [0.2, 0.25) is 0 Å². The number of rotatable bonds is 91. The molecule has 17 nitrogen and oxygen atoms in total. The highest BCUT2D eigenvalue weighted by Crippen LogP contribution is 2.45. The quantitative estimate of drug-likeness (QED) is 0.0222. The van der Waals surface area contributed by atoms with Gasteiger partial charge in [-0.05, 0) is 43.4 Å². The molecule has 0 radical (unpaired) electrons. The molecular weight excluding hydrogens is 1450 g/mol. The van der Waals surface area contributed by atoms with Crippen molar-refractivity contribution in [3.8, 4) is 0 Å². The first-order valence-electron chi connectivity index (χ1n) is 47.9. The van der Waals surface area contributed by atoms with Gasteiger partial charge in [0.15, 0.2) is 12.2 Å². The van der Waals surface area contributed by atoms with E-state index in [1.165, 1.54) is 308 Å². The van der Waals surface area contributed by atoms with Crippen molar-refractivity contribution in [1.29, 1.82) is 0 Å². The number of carbonyl (C=O) groups excluding carboxylic acids is 4. The minimum atomic E-state index is -4.97. The highest BCUT2D eigenvalue weighted by Gasteiger charge is 2.31. The Hall–Kier alpha value is -1.94. The highest BCUT2D eigenvalue weighted by atomic mass is 31.2. The molecular formula is C93H182O17P2. The fourth-order valence-electron chi connectivity index (χ4n) is 14.6. The third-order valence-corrected chi connectivity index (χ3v) is 24.1. The van der Waals surface area contributed by atoms with Gasteiger partial charge in [-0.2, -0.15) is 0 Å². The molecule has 112 heavy (non-hydrogen) atoms. The number of hydrogen-bond donors (Lipinski definition) is 3. The molecule has 0 fully saturated rings. The number of aliphatic hydroxyl groups excluding tert-OH is 1. The van der Waals surface area contributed by atoms with Gasteiger partial charge in [-0.3, -0.25) is 37.3 Å². The zero-order valence-electron chi connectivity index (χ0n) is 74.2. The van der Waals surface area contributed by atoms with E-state index in [0.29, 0.717) is 25.7 Å². The molecule has 0 aliphatic rings. The van der Waals surface area contributed by atoms with Crippen LogP contribution in [0.1, 0.15) is 498 Å². The third-order valence-electron chi connectivity index (χ3n) is 22.2. The van der Waals surface area contributed by atoms with Gasteiger partial charge in [0.1, 0.15) is 19.3 Å². The van der Waals surface area contributed by atoms with Crippen molar-refractivity contribution in [3.63, 3.8) is 0 Å². The van der Waals surface area contributed by atoms with Gasteiger partial charge in [-0.25, -0.2) is 9.13 Å². The van der Waals surface area contributed by atoms with Crippen molar-refractivity contribution >= 4 is 39.5 Å². The fraction of sp³-hybridized carbons (Fsp3) is 0.957. The predicted octanol–water partition coefficient (Wildman–Crippen LogP) is 28.8. The summed E-state index contributed by atoms with van der Waals surface area (Å²) < 4.78 is 69.1. The molecule has 0 saturated carbocycles. The van der Waals surface area contributed by atoms with Gasteiger partial charge >= 0.3 is 39.5 Å². The number of unbranched alkanes of at least 4 members (excludes halogenated alkanes) is 58. The average Bonchev–Trinajstić information content (AvgIpc) is 0.895. The van der Waals surface area contributed by atoms with E-state index in [1.807, 2.05) is 0 Å². The zero-order chi connectivity index (χ0) is 82.2. The largest absolute Gasteiger partial charge is 0.472 e. The Bertz CT molecular complexity index is 2150. The van der Waals surface area contributed by atoms with Gasteiger partial charge in [0.25, 0.3) is 0 Å². The molecule has 3 unspecified atom stereocenters. The molecule has 0 aromatic heterocycles. The Labute approximate surface area is 689 Å². The standard InChI is InChI=1S/C93H182O17P2/c1-8-10-11-12-13-14-15-16-17-18-19-20-21-22-23-31-36-41-46-55-62-69-76-92(97)109-88(80-103-90(95)74-67-60-53-45-40-35-30-26-24-28-33-38-43-50-57-64-71-84(3)4)82-107-111(99,100)105-78-87(94)79-106-112(101,102)108-83-89(81-104-91(96)75-68-61-54-49-48-52-59-66-73-86(7)9-2)110-93(98)77-70-63-56-47-42-37-32-27-25-29-34-39-44-51-58-65-72-85(5)6/h84-89,94H,8-83H2,1-7H3,(H,99,100)(H,101,102)/t86?,87-,88-,89-/m1/s1. The maximum Gasteiger partial charge on any atom is 0.472 e. The van der Waals surface area contributed by atoms with Crippen molar-refractivity contribution in [2.75, 3.05) is 39.6 Å². The molecule has 0 aromatic carbocycles. The molecule has 0 saturated heterocycles. The Morgan fingerprint density at radius 3 is 0.679 bits per heavy atom. The molecule has 0 aliphatic heterocycles. The van der Waals surface area contributed by atoms with E-state index in [2.05, 4.69) is 48.5 Å². The Morgan fingerprint density at radius 1 is 0.259 bits per heavy atom. The second kappa shape index (κ2) is 82.7. The van der Waals surface area contributed by atoms with Crippen LogP contribution in [0.4, 0.5) is 0 Å². The Kier molecular flexibility index (Phi) is 81.3. The maximum atomic E-state index is 13.2. The molecule has 0 aromatic rings. The van der Waals surface area contributed by atoms with Gasteiger partial charge in [0.05, 0.1) is 26.4 Å². The Balaban J connectivity index is 5.25. The van der Waals surface area contributed by atoms with Gasteiger partial charge in [-0.1, -0.05) is 447 Å². The van der Waals surface area contributed by atoms with Crippen molar-refractivity contribution in [2.45, 2.75) is 516 Å². The molecule has 3 N–H and O–H groups in total. The van der Waals surface area contributed by atoms with Crippen LogP contribution in [0.25, 0.3) is 0 Å². The maximum absolute atomic E-state index is 13.2.